The molecule has 1 unspecified atom stereocenters. The number of rotatable bonds is 7. The zero-order valence-corrected chi connectivity index (χ0v) is 15.4. The van der Waals surface area contributed by atoms with Gasteiger partial charge in [0.15, 0.2) is 0 Å². The molecule has 4 aliphatic carbocycles. The molecule has 1 amide bonds. The standard InChI is InChI=1S/C19H28N4O3/c1-2-16(19-10-13-7-14(11-19)9-15(8-13)12-19)20-18(24)4-6-22-5-3-17(21-22)23(25)26/h3,5,13-16H,2,4,6-12H2,1H3,(H,20,24). The van der Waals surface area contributed by atoms with Gasteiger partial charge in [-0.3, -0.25) is 4.79 Å². The van der Waals surface area contributed by atoms with Gasteiger partial charge in [0.1, 0.15) is 0 Å². The first-order valence-electron chi connectivity index (χ1n) is 9.94. The third kappa shape index (κ3) is 3.23. The molecule has 5 rings (SSSR count). The maximum absolute atomic E-state index is 12.5. The molecule has 0 radical (unpaired) electrons. The van der Waals surface area contributed by atoms with Crippen molar-refractivity contribution in [2.45, 2.75) is 70.9 Å². The molecule has 4 fully saturated rings. The molecule has 4 saturated carbocycles. The Labute approximate surface area is 153 Å². The maximum Gasteiger partial charge on any atom is 0.389 e. The minimum Gasteiger partial charge on any atom is -0.358 e. The van der Waals surface area contributed by atoms with Crippen LogP contribution in [0.3, 0.4) is 0 Å². The van der Waals surface area contributed by atoms with Crippen LogP contribution in [0.4, 0.5) is 5.82 Å². The van der Waals surface area contributed by atoms with E-state index in [1.165, 1.54) is 49.3 Å². The highest BCUT2D eigenvalue weighted by Crippen LogP contribution is 2.61. The molecule has 0 aromatic carbocycles. The molecule has 1 atom stereocenters. The molecule has 0 saturated heterocycles. The highest BCUT2D eigenvalue weighted by Gasteiger charge is 2.53. The highest BCUT2D eigenvalue weighted by molar-refractivity contribution is 5.76. The van der Waals surface area contributed by atoms with Crippen LogP contribution >= 0.6 is 0 Å². The lowest BCUT2D eigenvalue weighted by molar-refractivity contribution is -0.389. The number of nitro groups is 1. The van der Waals surface area contributed by atoms with Crippen molar-refractivity contribution in [1.29, 1.82) is 0 Å². The molecule has 142 valence electrons. The average Bonchev–Trinajstić information content (AvgIpc) is 3.06. The van der Waals surface area contributed by atoms with Gasteiger partial charge in [-0.05, 0) is 73.0 Å². The van der Waals surface area contributed by atoms with Crippen LogP contribution < -0.4 is 5.32 Å². The van der Waals surface area contributed by atoms with Crippen LogP contribution in [0.25, 0.3) is 0 Å². The Morgan fingerprint density at radius 2 is 1.96 bits per heavy atom. The molecule has 7 heteroatoms. The Hall–Kier alpha value is -1.92. The summed E-state index contributed by atoms with van der Waals surface area (Å²) in [6.45, 7) is 2.55. The summed E-state index contributed by atoms with van der Waals surface area (Å²) in [6, 6.07) is 1.62. The van der Waals surface area contributed by atoms with Crippen molar-refractivity contribution in [3.63, 3.8) is 0 Å². The van der Waals surface area contributed by atoms with E-state index in [2.05, 4.69) is 17.3 Å². The fraction of sp³-hybridized carbons (Fsp3) is 0.789. The Morgan fingerprint density at radius 3 is 2.46 bits per heavy atom. The molecule has 1 aromatic heterocycles. The van der Waals surface area contributed by atoms with E-state index >= 15 is 0 Å². The monoisotopic (exact) mass is 360 g/mol. The Morgan fingerprint density at radius 1 is 1.35 bits per heavy atom. The van der Waals surface area contributed by atoms with Gasteiger partial charge < -0.3 is 15.4 Å². The molecule has 4 aliphatic rings. The summed E-state index contributed by atoms with van der Waals surface area (Å²) in [5, 5.41) is 17.9. The minimum atomic E-state index is -0.517. The number of amides is 1. The first kappa shape index (κ1) is 17.5. The summed E-state index contributed by atoms with van der Waals surface area (Å²) >= 11 is 0. The van der Waals surface area contributed by atoms with Crippen LogP contribution in [0.1, 0.15) is 58.3 Å². The van der Waals surface area contributed by atoms with Gasteiger partial charge in [-0.2, -0.15) is 4.68 Å². The Kier molecular flexibility index (Phi) is 4.49. The van der Waals surface area contributed by atoms with Crippen LogP contribution in [0.2, 0.25) is 0 Å². The van der Waals surface area contributed by atoms with Gasteiger partial charge in [0.25, 0.3) is 0 Å². The summed E-state index contributed by atoms with van der Waals surface area (Å²) in [4.78, 5) is 22.7. The number of aryl methyl sites for hydroxylation is 1. The van der Waals surface area contributed by atoms with Gasteiger partial charge in [-0.15, -0.1) is 0 Å². The SMILES string of the molecule is CCC(NC(=O)CCn1ccc([N+](=O)[O-])n1)C12CC3CC(CC(C3)C1)C2. The third-order valence-corrected chi connectivity index (χ3v) is 6.95. The van der Waals surface area contributed by atoms with E-state index < -0.39 is 4.92 Å². The molecule has 0 aliphatic heterocycles. The second kappa shape index (κ2) is 6.67. The van der Waals surface area contributed by atoms with Crippen molar-refractivity contribution in [1.82, 2.24) is 15.1 Å². The van der Waals surface area contributed by atoms with Crippen molar-refractivity contribution in [2.75, 3.05) is 0 Å². The summed E-state index contributed by atoms with van der Waals surface area (Å²) in [5.41, 5.74) is 0.309. The first-order valence-corrected chi connectivity index (χ1v) is 9.94. The molecule has 26 heavy (non-hydrogen) atoms. The van der Waals surface area contributed by atoms with E-state index in [0.29, 0.717) is 18.4 Å². The van der Waals surface area contributed by atoms with Gasteiger partial charge >= 0.3 is 5.82 Å². The summed E-state index contributed by atoms with van der Waals surface area (Å²) in [7, 11) is 0. The number of carbonyl (C=O) groups is 1. The van der Waals surface area contributed by atoms with Crippen LogP contribution in [0, 0.1) is 33.3 Å². The average molecular weight is 360 g/mol. The van der Waals surface area contributed by atoms with Crippen molar-refractivity contribution < 1.29 is 9.72 Å². The molecule has 7 nitrogen and oxygen atoms in total. The number of hydrogen-bond acceptors (Lipinski definition) is 4. The quantitative estimate of drug-likeness (QED) is 0.597. The van der Waals surface area contributed by atoms with E-state index in [1.54, 1.807) is 6.20 Å². The topological polar surface area (TPSA) is 90.1 Å². The van der Waals surface area contributed by atoms with Crippen molar-refractivity contribution >= 4 is 11.7 Å². The van der Waals surface area contributed by atoms with Crippen molar-refractivity contribution in [3.8, 4) is 0 Å². The van der Waals surface area contributed by atoms with E-state index in [1.807, 2.05) is 0 Å². The molecule has 1 heterocycles. The van der Waals surface area contributed by atoms with Crippen LogP contribution in [-0.2, 0) is 11.3 Å². The number of hydrogen-bond donors (Lipinski definition) is 1. The van der Waals surface area contributed by atoms with E-state index in [4.69, 9.17) is 0 Å². The van der Waals surface area contributed by atoms with Crippen LogP contribution in [0.5, 0.6) is 0 Å². The molecule has 0 spiro atoms. The normalized spacial score (nSPS) is 33.2. The minimum absolute atomic E-state index is 0.0331. The van der Waals surface area contributed by atoms with E-state index in [9.17, 15) is 14.9 Å². The predicted molar refractivity (Wildman–Crippen MR) is 96.3 cm³/mol. The lowest BCUT2D eigenvalue weighted by Crippen LogP contribution is -2.56. The molecule has 1 N–H and O–H groups in total. The van der Waals surface area contributed by atoms with Gasteiger partial charge in [0, 0.05) is 12.5 Å². The van der Waals surface area contributed by atoms with Gasteiger partial charge in [-0.25, -0.2) is 0 Å². The van der Waals surface area contributed by atoms with Crippen LogP contribution in [-0.4, -0.2) is 26.7 Å². The fourth-order valence-electron chi connectivity index (χ4n) is 6.35. The number of nitrogens with zero attached hydrogens (tertiary/aromatic N) is 3. The largest absolute Gasteiger partial charge is 0.389 e. The number of nitrogens with one attached hydrogen (secondary N) is 1. The van der Waals surface area contributed by atoms with E-state index in [-0.39, 0.29) is 17.8 Å². The van der Waals surface area contributed by atoms with Crippen molar-refractivity contribution in [3.05, 3.63) is 22.4 Å². The second-order valence-corrected chi connectivity index (χ2v) is 8.75. The number of carbonyl (C=O) groups excluding carboxylic acids is 1. The smallest absolute Gasteiger partial charge is 0.358 e. The first-order chi connectivity index (χ1) is 12.5. The molecule has 4 bridgehead atoms. The van der Waals surface area contributed by atoms with Crippen LogP contribution in [0.15, 0.2) is 12.3 Å². The Bertz CT molecular complexity index is 663. The van der Waals surface area contributed by atoms with Gasteiger partial charge in [0.05, 0.1) is 23.9 Å². The fourth-order valence-corrected chi connectivity index (χ4v) is 6.35. The highest BCUT2D eigenvalue weighted by atomic mass is 16.6. The predicted octanol–water partition coefficient (Wildman–Crippen LogP) is 3.29. The van der Waals surface area contributed by atoms with Gasteiger partial charge in [-0.1, -0.05) is 6.92 Å². The lowest BCUT2D eigenvalue weighted by Gasteiger charge is -2.59. The number of aromatic nitrogens is 2. The summed E-state index contributed by atoms with van der Waals surface area (Å²) < 4.78 is 1.48. The molecular formula is C19H28N4O3. The lowest BCUT2D eigenvalue weighted by atomic mass is 9.47. The van der Waals surface area contributed by atoms with E-state index in [0.717, 1.165) is 24.2 Å². The van der Waals surface area contributed by atoms with Gasteiger partial charge in [0.2, 0.25) is 5.91 Å². The Balaban J connectivity index is 1.36. The maximum atomic E-state index is 12.5. The molecular weight excluding hydrogens is 332 g/mol. The second-order valence-electron chi connectivity index (χ2n) is 8.75. The molecule has 1 aromatic rings. The summed E-state index contributed by atoms with van der Waals surface area (Å²) in [6.07, 6.45) is 10.9. The zero-order valence-electron chi connectivity index (χ0n) is 15.4. The third-order valence-electron chi connectivity index (χ3n) is 6.95. The summed E-state index contributed by atoms with van der Waals surface area (Å²) in [5.74, 6) is 2.47. The van der Waals surface area contributed by atoms with Crippen molar-refractivity contribution in [2.24, 2.45) is 23.2 Å². The zero-order chi connectivity index (χ0) is 18.3.